The zero-order valence-corrected chi connectivity index (χ0v) is 14.9. The topological polar surface area (TPSA) is 44.8 Å². The van der Waals surface area contributed by atoms with Gasteiger partial charge in [0.05, 0.1) is 6.04 Å². The van der Waals surface area contributed by atoms with Gasteiger partial charge in [0.15, 0.2) is 0 Å². The number of ether oxygens (including phenoxy) is 1. The minimum atomic E-state index is -0.0936. The van der Waals surface area contributed by atoms with E-state index in [1.165, 1.54) is 19.3 Å². The lowest BCUT2D eigenvalue weighted by atomic mass is 9.91. The fraction of sp³-hybridized carbons (Fsp3) is 0.650. The summed E-state index contributed by atoms with van der Waals surface area (Å²) in [6.07, 6.45) is 6.00. The SMILES string of the molecule is O=C([C@@H]1CC(Oc2ccccc2)CN1)N1CCCN(C2CCC2)CC1. The van der Waals surface area contributed by atoms with Crippen molar-refractivity contribution in [2.75, 3.05) is 32.7 Å². The van der Waals surface area contributed by atoms with E-state index in [0.717, 1.165) is 57.4 Å². The maximum absolute atomic E-state index is 12.9. The predicted octanol–water partition coefficient (Wildman–Crippen LogP) is 1.88. The number of carbonyl (C=O) groups excluding carboxylic acids is 1. The van der Waals surface area contributed by atoms with Crippen LogP contribution in [-0.2, 0) is 4.79 Å². The first kappa shape index (κ1) is 16.9. The van der Waals surface area contributed by atoms with E-state index in [1.807, 2.05) is 30.3 Å². The number of hydrogen-bond donors (Lipinski definition) is 1. The molecule has 5 heteroatoms. The van der Waals surface area contributed by atoms with Crippen LogP contribution >= 0.6 is 0 Å². The Hall–Kier alpha value is -1.59. The smallest absolute Gasteiger partial charge is 0.239 e. The molecule has 1 aromatic carbocycles. The second-order valence-electron chi connectivity index (χ2n) is 7.55. The number of hydrogen-bond acceptors (Lipinski definition) is 4. The molecule has 0 bridgehead atoms. The molecule has 0 radical (unpaired) electrons. The molecule has 1 unspecified atom stereocenters. The van der Waals surface area contributed by atoms with Gasteiger partial charge in [-0.1, -0.05) is 24.6 Å². The number of nitrogens with zero attached hydrogens (tertiary/aromatic N) is 2. The van der Waals surface area contributed by atoms with E-state index >= 15 is 0 Å². The molecule has 1 aliphatic carbocycles. The average Bonchev–Trinajstić information content (AvgIpc) is 2.91. The van der Waals surface area contributed by atoms with Crippen LogP contribution in [0.3, 0.4) is 0 Å². The van der Waals surface area contributed by atoms with Crippen LogP contribution < -0.4 is 10.1 Å². The standard InChI is InChI=1S/C20H29N3O2/c24-20(23-11-5-10-22(12-13-23)16-6-4-7-16)19-14-18(15-21-19)25-17-8-2-1-3-9-17/h1-3,8-9,16,18-19,21H,4-7,10-15H2/t18?,19-/m0/s1. The van der Waals surface area contributed by atoms with Gasteiger partial charge in [0.1, 0.15) is 11.9 Å². The van der Waals surface area contributed by atoms with E-state index in [4.69, 9.17) is 4.74 Å². The van der Waals surface area contributed by atoms with Crippen molar-refractivity contribution >= 4 is 5.91 Å². The van der Waals surface area contributed by atoms with Crippen LogP contribution in [0.2, 0.25) is 0 Å². The number of para-hydroxylation sites is 1. The van der Waals surface area contributed by atoms with Crippen molar-refractivity contribution in [3.8, 4) is 5.75 Å². The molecule has 1 amide bonds. The molecular weight excluding hydrogens is 314 g/mol. The highest BCUT2D eigenvalue weighted by atomic mass is 16.5. The first-order chi connectivity index (χ1) is 12.3. The van der Waals surface area contributed by atoms with Crippen molar-refractivity contribution in [3.05, 3.63) is 30.3 Å². The largest absolute Gasteiger partial charge is 0.489 e. The molecule has 2 saturated heterocycles. The predicted molar refractivity (Wildman–Crippen MR) is 97.7 cm³/mol. The maximum Gasteiger partial charge on any atom is 0.239 e. The minimum Gasteiger partial charge on any atom is -0.489 e. The zero-order valence-electron chi connectivity index (χ0n) is 14.9. The fourth-order valence-corrected chi connectivity index (χ4v) is 4.17. The third-order valence-electron chi connectivity index (χ3n) is 5.87. The summed E-state index contributed by atoms with van der Waals surface area (Å²) in [6, 6.07) is 10.6. The van der Waals surface area contributed by atoms with Crippen molar-refractivity contribution in [2.24, 2.45) is 0 Å². The second kappa shape index (κ2) is 7.75. The number of nitrogens with one attached hydrogen (secondary N) is 1. The van der Waals surface area contributed by atoms with Crippen LogP contribution in [0.5, 0.6) is 5.75 Å². The highest BCUT2D eigenvalue weighted by molar-refractivity contribution is 5.82. The third kappa shape index (κ3) is 3.98. The highest BCUT2D eigenvalue weighted by Gasteiger charge is 2.35. The number of carbonyl (C=O) groups is 1. The number of benzene rings is 1. The highest BCUT2D eigenvalue weighted by Crippen LogP contribution is 2.26. The summed E-state index contributed by atoms with van der Waals surface area (Å²) in [5.74, 6) is 1.14. The van der Waals surface area contributed by atoms with Crippen LogP contribution in [0.4, 0.5) is 0 Å². The number of rotatable bonds is 4. The molecule has 1 aromatic rings. The van der Waals surface area contributed by atoms with Gasteiger partial charge in [-0.15, -0.1) is 0 Å². The van der Waals surface area contributed by atoms with Gasteiger partial charge in [0.2, 0.25) is 5.91 Å². The van der Waals surface area contributed by atoms with E-state index in [9.17, 15) is 4.79 Å². The molecule has 4 rings (SSSR count). The molecule has 0 spiro atoms. The minimum absolute atomic E-state index is 0.0785. The van der Waals surface area contributed by atoms with Gasteiger partial charge in [-0.2, -0.15) is 0 Å². The Morgan fingerprint density at radius 1 is 1.04 bits per heavy atom. The summed E-state index contributed by atoms with van der Waals surface area (Å²) in [5, 5.41) is 3.37. The monoisotopic (exact) mass is 343 g/mol. The van der Waals surface area contributed by atoms with Crippen LogP contribution in [0.15, 0.2) is 30.3 Å². The summed E-state index contributed by atoms with van der Waals surface area (Å²) in [4.78, 5) is 17.6. The molecule has 3 aliphatic rings. The Kier molecular flexibility index (Phi) is 5.22. The third-order valence-corrected chi connectivity index (χ3v) is 5.87. The van der Waals surface area contributed by atoms with Crippen LogP contribution in [0.25, 0.3) is 0 Å². The van der Waals surface area contributed by atoms with Gasteiger partial charge in [-0.05, 0) is 31.4 Å². The van der Waals surface area contributed by atoms with E-state index < -0.39 is 0 Å². The average molecular weight is 343 g/mol. The van der Waals surface area contributed by atoms with E-state index in [2.05, 4.69) is 15.1 Å². The van der Waals surface area contributed by atoms with Crippen molar-refractivity contribution < 1.29 is 9.53 Å². The quantitative estimate of drug-likeness (QED) is 0.907. The Labute approximate surface area is 150 Å². The van der Waals surface area contributed by atoms with Gasteiger partial charge in [-0.3, -0.25) is 9.69 Å². The first-order valence-corrected chi connectivity index (χ1v) is 9.77. The molecule has 2 heterocycles. The second-order valence-corrected chi connectivity index (χ2v) is 7.55. The lowest BCUT2D eigenvalue weighted by molar-refractivity contribution is -0.133. The van der Waals surface area contributed by atoms with Crippen molar-refractivity contribution in [2.45, 2.75) is 50.3 Å². The summed E-state index contributed by atoms with van der Waals surface area (Å²) in [5.41, 5.74) is 0. The molecule has 5 nitrogen and oxygen atoms in total. The van der Waals surface area contributed by atoms with Crippen molar-refractivity contribution in [1.82, 2.24) is 15.1 Å². The molecule has 0 aromatic heterocycles. The Morgan fingerprint density at radius 3 is 2.64 bits per heavy atom. The molecule has 25 heavy (non-hydrogen) atoms. The van der Waals surface area contributed by atoms with E-state index in [-0.39, 0.29) is 18.1 Å². The molecular formula is C20H29N3O2. The summed E-state index contributed by atoms with van der Waals surface area (Å²) >= 11 is 0. The molecule has 1 saturated carbocycles. The van der Waals surface area contributed by atoms with Gasteiger partial charge < -0.3 is 15.0 Å². The molecule has 3 fully saturated rings. The Morgan fingerprint density at radius 2 is 1.88 bits per heavy atom. The van der Waals surface area contributed by atoms with Crippen LogP contribution in [0, 0.1) is 0 Å². The molecule has 2 atom stereocenters. The maximum atomic E-state index is 12.9. The van der Waals surface area contributed by atoms with E-state index in [0.29, 0.717) is 0 Å². The lowest BCUT2D eigenvalue weighted by Crippen LogP contribution is -2.46. The lowest BCUT2D eigenvalue weighted by Gasteiger charge is -2.36. The zero-order chi connectivity index (χ0) is 17.1. The Balaban J connectivity index is 1.28. The van der Waals surface area contributed by atoms with Gasteiger partial charge in [0, 0.05) is 45.2 Å². The van der Waals surface area contributed by atoms with Crippen LogP contribution in [0.1, 0.15) is 32.1 Å². The molecule has 136 valence electrons. The number of amides is 1. The first-order valence-electron chi connectivity index (χ1n) is 9.77. The molecule has 1 N–H and O–H groups in total. The van der Waals surface area contributed by atoms with Crippen molar-refractivity contribution in [1.29, 1.82) is 0 Å². The van der Waals surface area contributed by atoms with Gasteiger partial charge >= 0.3 is 0 Å². The van der Waals surface area contributed by atoms with Crippen molar-refractivity contribution in [3.63, 3.8) is 0 Å². The fourth-order valence-electron chi connectivity index (χ4n) is 4.17. The van der Waals surface area contributed by atoms with Gasteiger partial charge in [0.25, 0.3) is 0 Å². The van der Waals surface area contributed by atoms with Gasteiger partial charge in [-0.25, -0.2) is 0 Å². The van der Waals surface area contributed by atoms with Crippen LogP contribution in [-0.4, -0.2) is 66.6 Å². The normalized spacial score (nSPS) is 28.4. The summed E-state index contributed by atoms with van der Waals surface area (Å²) in [6.45, 7) is 4.69. The summed E-state index contributed by atoms with van der Waals surface area (Å²) in [7, 11) is 0. The molecule has 2 aliphatic heterocycles. The van der Waals surface area contributed by atoms with E-state index in [1.54, 1.807) is 0 Å². The summed E-state index contributed by atoms with van der Waals surface area (Å²) < 4.78 is 6.00. The Bertz CT molecular complexity index is 576.